The second-order valence-corrected chi connectivity index (χ2v) is 4.15. The van der Waals surface area contributed by atoms with E-state index in [-0.39, 0.29) is 11.9 Å². The number of benzene rings is 1. The molecule has 0 aliphatic carbocycles. The molecule has 0 saturated carbocycles. The Hall–Kier alpha value is -0.410. The summed E-state index contributed by atoms with van der Waals surface area (Å²) in [5.74, 6) is -0.181. The Morgan fingerprint density at radius 2 is 2.21 bits per heavy atom. The molecular weight excluding hydrogens is 245 g/mol. The fourth-order valence-electron chi connectivity index (χ4n) is 1.53. The molecule has 0 fully saturated rings. The fraction of sp³-hybridized carbons (Fsp3) is 0.455. The van der Waals surface area contributed by atoms with Crippen molar-refractivity contribution < 1.29 is 4.39 Å². The van der Waals surface area contributed by atoms with E-state index in [9.17, 15) is 4.39 Å². The molecule has 1 aromatic carbocycles. The van der Waals surface area contributed by atoms with Crippen LogP contribution in [0, 0.1) is 5.82 Å². The molecule has 0 aromatic heterocycles. The van der Waals surface area contributed by atoms with Gasteiger partial charge in [-0.3, -0.25) is 0 Å². The van der Waals surface area contributed by atoms with Crippen LogP contribution in [0.5, 0.6) is 0 Å². The van der Waals surface area contributed by atoms with Crippen molar-refractivity contribution in [1.29, 1.82) is 0 Å². The van der Waals surface area contributed by atoms with Crippen LogP contribution in [0.3, 0.4) is 0 Å². The molecule has 3 heteroatoms. The summed E-state index contributed by atoms with van der Waals surface area (Å²) in [7, 11) is 1.90. The van der Waals surface area contributed by atoms with Crippen LogP contribution in [0.25, 0.3) is 0 Å². The van der Waals surface area contributed by atoms with Crippen LogP contribution < -0.4 is 5.32 Å². The largest absolute Gasteiger partial charge is 0.313 e. The standard InChI is InChI=1S/C11H15BrFN/c1-3-4-11(14-2)9-7-8(13)5-6-10(9)12/h5-7,11,14H,3-4H2,1-2H3. The van der Waals surface area contributed by atoms with Crippen LogP contribution in [0.15, 0.2) is 22.7 Å². The lowest BCUT2D eigenvalue weighted by molar-refractivity contribution is 0.533. The first-order valence-electron chi connectivity index (χ1n) is 4.81. The van der Waals surface area contributed by atoms with Gasteiger partial charge in [-0.2, -0.15) is 0 Å². The summed E-state index contributed by atoms with van der Waals surface area (Å²) in [6.45, 7) is 2.12. The number of hydrogen-bond donors (Lipinski definition) is 1. The summed E-state index contributed by atoms with van der Waals surface area (Å²) < 4.78 is 14.0. The maximum atomic E-state index is 13.0. The van der Waals surface area contributed by atoms with Crippen molar-refractivity contribution in [1.82, 2.24) is 5.32 Å². The highest BCUT2D eigenvalue weighted by Crippen LogP contribution is 2.26. The molecule has 14 heavy (non-hydrogen) atoms. The Balaban J connectivity index is 2.96. The van der Waals surface area contributed by atoms with Crippen LogP contribution in [-0.4, -0.2) is 7.05 Å². The van der Waals surface area contributed by atoms with Gasteiger partial charge in [0.15, 0.2) is 0 Å². The minimum Gasteiger partial charge on any atom is -0.313 e. The van der Waals surface area contributed by atoms with Gasteiger partial charge in [-0.15, -0.1) is 0 Å². The van der Waals surface area contributed by atoms with Gasteiger partial charge in [-0.1, -0.05) is 29.3 Å². The molecule has 1 rings (SSSR count). The van der Waals surface area contributed by atoms with Gasteiger partial charge >= 0.3 is 0 Å². The van der Waals surface area contributed by atoms with Gasteiger partial charge in [0.1, 0.15) is 5.82 Å². The van der Waals surface area contributed by atoms with Crippen molar-refractivity contribution >= 4 is 15.9 Å². The molecule has 78 valence electrons. The van der Waals surface area contributed by atoms with Crippen LogP contribution in [-0.2, 0) is 0 Å². The van der Waals surface area contributed by atoms with E-state index in [0.717, 1.165) is 22.9 Å². The van der Waals surface area contributed by atoms with Crippen molar-refractivity contribution in [3.8, 4) is 0 Å². The highest BCUT2D eigenvalue weighted by Gasteiger charge is 2.12. The third-order valence-corrected chi connectivity index (χ3v) is 2.98. The molecule has 1 atom stereocenters. The summed E-state index contributed by atoms with van der Waals surface area (Å²) in [6.07, 6.45) is 2.09. The molecule has 0 bridgehead atoms. The maximum absolute atomic E-state index is 13.0. The van der Waals surface area contributed by atoms with Crippen LogP contribution in [0.4, 0.5) is 4.39 Å². The second kappa shape index (κ2) is 5.47. The molecular formula is C11H15BrFN. The molecule has 0 heterocycles. The van der Waals surface area contributed by atoms with E-state index in [1.54, 1.807) is 12.1 Å². The average Bonchev–Trinajstić information content (AvgIpc) is 2.18. The molecule has 1 N–H and O–H groups in total. The monoisotopic (exact) mass is 259 g/mol. The van der Waals surface area contributed by atoms with E-state index in [2.05, 4.69) is 28.2 Å². The first-order valence-corrected chi connectivity index (χ1v) is 5.60. The Bertz CT molecular complexity index is 301. The van der Waals surface area contributed by atoms with Crippen molar-refractivity contribution in [3.05, 3.63) is 34.1 Å². The molecule has 0 radical (unpaired) electrons. The maximum Gasteiger partial charge on any atom is 0.123 e. The third-order valence-electron chi connectivity index (χ3n) is 2.26. The number of hydrogen-bond acceptors (Lipinski definition) is 1. The number of halogens is 2. The average molecular weight is 260 g/mol. The van der Waals surface area contributed by atoms with Crippen molar-refractivity contribution in [2.75, 3.05) is 7.05 Å². The van der Waals surface area contributed by atoms with E-state index in [0.29, 0.717) is 0 Å². The predicted molar refractivity (Wildman–Crippen MR) is 60.8 cm³/mol. The summed E-state index contributed by atoms with van der Waals surface area (Å²) in [4.78, 5) is 0. The predicted octanol–water partition coefficient (Wildman–Crippen LogP) is 3.65. The van der Waals surface area contributed by atoms with Gasteiger partial charge < -0.3 is 5.32 Å². The smallest absolute Gasteiger partial charge is 0.123 e. The van der Waals surface area contributed by atoms with Crippen LogP contribution in [0.1, 0.15) is 31.4 Å². The van der Waals surface area contributed by atoms with Crippen molar-refractivity contribution in [2.45, 2.75) is 25.8 Å². The van der Waals surface area contributed by atoms with Crippen LogP contribution >= 0.6 is 15.9 Å². The summed E-state index contributed by atoms with van der Waals surface area (Å²) in [5.41, 5.74) is 0.995. The summed E-state index contributed by atoms with van der Waals surface area (Å²) in [6, 6.07) is 5.03. The molecule has 0 aliphatic heterocycles. The Kier molecular flexibility index (Phi) is 4.55. The van der Waals surface area contributed by atoms with Gasteiger partial charge in [-0.05, 0) is 37.2 Å². The van der Waals surface area contributed by atoms with E-state index in [1.165, 1.54) is 6.07 Å². The summed E-state index contributed by atoms with van der Waals surface area (Å²) in [5, 5.41) is 3.19. The highest BCUT2D eigenvalue weighted by atomic mass is 79.9. The lowest BCUT2D eigenvalue weighted by atomic mass is 10.0. The number of nitrogens with one attached hydrogen (secondary N) is 1. The van der Waals surface area contributed by atoms with Gasteiger partial charge in [0.2, 0.25) is 0 Å². The zero-order valence-electron chi connectivity index (χ0n) is 8.48. The van der Waals surface area contributed by atoms with Gasteiger partial charge in [-0.25, -0.2) is 4.39 Å². The normalized spacial score (nSPS) is 12.9. The molecule has 0 aliphatic rings. The lowest BCUT2D eigenvalue weighted by Crippen LogP contribution is -2.16. The van der Waals surface area contributed by atoms with E-state index in [1.807, 2.05) is 7.05 Å². The van der Waals surface area contributed by atoms with Gasteiger partial charge in [0, 0.05) is 10.5 Å². The first-order chi connectivity index (χ1) is 6.69. The van der Waals surface area contributed by atoms with Crippen molar-refractivity contribution in [3.63, 3.8) is 0 Å². The molecule has 0 spiro atoms. The minimum absolute atomic E-state index is 0.181. The zero-order chi connectivity index (χ0) is 10.6. The Labute approximate surface area is 92.8 Å². The van der Waals surface area contributed by atoms with Gasteiger partial charge in [0.05, 0.1) is 0 Å². The molecule has 1 aromatic rings. The SMILES string of the molecule is CCCC(NC)c1cc(F)ccc1Br. The Morgan fingerprint density at radius 1 is 1.50 bits per heavy atom. The zero-order valence-corrected chi connectivity index (χ0v) is 10.1. The quantitative estimate of drug-likeness (QED) is 0.871. The highest BCUT2D eigenvalue weighted by molar-refractivity contribution is 9.10. The van der Waals surface area contributed by atoms with Crippen molar-refractivity contribution in [2.24, 2.45) is 0 Å². The van der Waals surface area contributed by atoms with Gasteiger partial charge in [0.25, 0.3) is 0 Å². The minimum atomic E-state index is -0.181. The molecule has 0 amide bonds. The van der Waals surface area contributed by atoms with E-state index < -0.39 is 0 Å². The lowest BCUT2D eigenvalue weighted by Gasteiger charge is -2.17. The molecule has 1 unspecified atom stereocenters. The summed E-state index contributed by atoms with van der Waals surface area (Å²) >= 11 is 3.44. The first kappa shape index (κ1) is 11.7. The molecule has 1 nitrogen and oxygen atoms in total. The van der Waals surface area contributed by atoms with E-state index >= 15 is 0 Å². The molecule has 0 saturated heterocycles. The topological polar surface area (TPSA) is 12.0 Å². The number of rotatable bonds is 4. The second-order valence-electron chi connectivity index (χ2n) is 3.30. The third kappa shape index (κ3) is 2.79. The van der Waals surface area contributed by atoms with Crippen LogP contribution in [0.2, 0.25) is 0 Å². The van der Waals surface area contributed by atoms with E-state index in [4.69, 9.17) is 0 Å². The fourth-order valence-corrected chi connectivity index (χ4v) is 2.05. The Morgan fingerprint density at radius 3 is 2.79 bits per heavy atom.